The first-order valence-corrected chi connectivity index (χ1v) is 14.1. The van der Waals surface area contributed by atoms with Gasteiger partial charge in [0.15, 0.2) is 5.16 Å². The number of piperazine rings is 1. The van der Waals surface area contributed by atoms with Crippen LogP contribution in [-0.2, 0) is 9.59 Å². The number of para-hydroxylation sites is 1. The Hall–Kier alpha value is -2.35. The van der Waals surface area contributed by atoms with E-state index in [4.69, 9.17) is 0 Å². The van der Waals surface area contributed by atoms with Gasteiger partial charge in [-0.2, -0.15) is 0 Å². The van der Waals surface area contributed by atoms with Crippen LogP contribution in [0.25, 0.3) is 5.69 Å². The molecule has 2 atom stereocenters. The highest BCUT2D eigenvalue weighted by atomic mass is 32.2. The molecule has 2 unspecified atom stereocenters. The van der Waals surface area contributed by atoms with E-state index >= 15 is 0 Å². The van der Waals surface area contributed by atoms with Crippen molar-refractivity contribution < 1.29 is 9.59 Å². The Kier molecular flexibility index (Phi) is 10.6. The standard InChI is InChI=1S/C27H41N5O2S/c1-5-7-13-23(6-2)26(34)31-18-17-30(20-21(31)3)25(33)16-11-12-19-35-27-29-28-22(4)32(27)24-14-9-8-10-15-24/h8-10,14-15,21,23H,5-7,11-13,16-20H2,1-4H3. The molecule has 8 heteroatoms. The van der Waals surface area contributed by atoms with E-state index in [1.165, 1.54) is 0 Å². The van der Waals surface area contributed by atoms with Crippen molar-refractivity contribution in [2.75, 3.05) is 25.4 Å². The van der Waals surface area contributed by atoms with Gasteiger partial charge in [0.05, 0.1) is 0 Å². The maximum atomic E-state index is 13.0. The molecular formula is C27H41N5O2S. The van der Waals surface area contributed by atoms with Gasteiger partial charge in [-0.1, -0.05) is 56.7 Å². The lowest BCUT2D eigenvalue weighted by molar-refractivity contribution is -0.145. The van der Waals surface area contributed by atoms with Crippen LogP contribution in [0.5, 0.6) is 0 Å². The quantitative estimate of drug-likeness (QED) is 0.300. The van der Waals surface area contributed by atoms with E-state index in [-0.39, 0.29) is 23.8 Å². The smallest absolute Gasteiger partial charge is 0.226 e. The zero-order valence-electron chi connectivity index (χ0n) is 21.8. The number of carbonyl (C=O) groups is 2. The number of aryl methyl sites for hydroxylation is 1. The van der Waals surface area contributed by atoms with Gasteiger partial charge in [0.25, 0.3) is 0 Å². The van der Waals surface area contributed by atoms with Crippen LogP contribution in [0.2, 0.25) is 0 Å². The fourth-order valence-electron chi connectivity index (χ4n) is 4.71. The first-order chi connectivity index (χ1) is 17.0. The van der Waals surface area contributed by atoms with Crippen molar-refractivity contribution in [3.8, 4) is 5.69 Å². The fourth-order valence-corrected chi connectivity index (χ4v) is 5.71. The molecule has 0 saturated carbocycles. The number of hydrogen-bond donors (Lipinski definition) is 0. The van der Waals surface area contributed by atoms with Crippen LogP contribution in [0.4, 0.5) is 0 Å². The van der Waals surface area contributed by atoms with Crippen molar-refractivity contribution in [1.82, 2.24) is 24.6 Å². The minimum atomic E-state index is 0.0824. The summed E-state index contributed by atoms with van der Waals surface area (Å²) in [6.07, 6.45) is 6.43. The monoisotopic (exact) mass is 499 g/mol. The summed E-state index contributed by atoms with van der Waals surface area (Å²) in [5, 5.41) is 9.46. The minimum absolute atomic E-state index is 0.0824. The van der Waals surface area contributed by atoms with Gasteiger partial charge < -0.3 is 9.80 Å². The van der Waals surface area contributed by atoms with Gasteiger partial charge in [-0.3, -0.25) is 14.2 Å². The normalized spacial score (nSPS) is 17.0. The second-order valence-corrected chi connectivity index (χ2v) is 10.5. The average Bonchev–Trinajstić information content (AvgIpc) is 3.24. The van der Waals surface area contributed by atoms with E-state index in [1.54, 1.807) is 11.8 Å². The lowest BCUT2D eigenvalue weighted by Gasteiger charge is -2.41. The third-order valence-corrected chi connectivity index (χ3v) is 7.85. The van der Waals surface area contributed by atoms with Crippen molar-refractivity contribution in [2.24, 2.45) is 5.92 Å². The number of benzene rings is 1. The fraction of sp³-hybridized carbons (Fsp3) is 0.630. The molecule has 0 spiro atoms. The molecule has 1 aliphatic heterocycles. The van der Waals surface area contributed by atoms with Crippen LogP contribution in [0, 0.1) is 12.8 Å². The van der Waals surface area contributed by atoms with E-state index in [1.807, 2.05) is 34.9 Å². The summed E-state index contributed by atoms with van der Waals surface area (Å²) in [4.78, 5) is 29.8. The second kappa shape index (κ2) is 13.7. The van der Waals surface area contributed by atoms with Crippen LogP contribution >= 0.6 is 11.8 Å². The van der Waals surface area contributed by atoms with E-state index in [2.05, 4.69) is 47.7 Å². The van der Waals surface area contributed by atoms with Gasteiger partial charge in [0.1, 0.15) is 5.82 Å². The van der Waals surface area contributed by atoms with E-state index in [0.29, 0.717) is 26.1 Å². The minimum Gasteiger partial charge on any atom is -0.339 e. The number of aromatic nitrogens is 3. The van der Waals surface area contributed by atoms with Gasteiger partial charge in [-0.15, -0.1) is 10.2 Å². The van der Waals surface area contributed by atoms with Gasteiger partial charge >= 0.3 is 0 Å². The number of rotatable bonds is 12. The Bertz CT molecular complexity index is 948. The highest BCUT2D eigenvalue weighted by Crippen LogP contribution is 2.24. The Balaban J connectivity index is 1.40. The summed E-state index contributed by atoms with van der Waals surface area (Å²) in [6, 6.07) is 10.2. The number of thioether (sulfide) groups is 1. The van der Waals surface area contributed by atoms with Crippen LogP contribution in [-0.4, -0.2) is 67.8 Å². The maximum absolute atomic E-state index is 13.0. The summed E-state index contributed by atoms with van der Waals surface area (Å²) in [7, 11) is 0. The van der Waals surface area contributed by atoms with Crippen molar-refractivity contribution in [1.29, 1.82) is 0 Å². The molecule has 7 nitrogen and oxygen atoms in total. The van der Waals surface area contributed by atoms with Crippen molar-refractivity contribution in [3.05, 3.63) is 36.2 Å². The van der Waals surface area contributed by atoms with E-state index in [9.17, 15) is 9.59 Å². The van der Waals surface area contributed by atoms with Crippen molar-refractivity contribution in [2.45, 2.75) is 83.8 Å². The molecule has 3 rings (SSSR count). The lowest BCUT2D eigenvalue weighted by atomic mass is 9.96. The molecule has 1 saturated heterocycles. The zero-order valence-corrected chi connectivity index (χ0v) is 22.6. The molecule has 1 aromatic heterocycles. The Labute approximate surface area is 214 Å². The first kappa shape index (κ1) is 27.2. The number of amides is 2. The molecular weight excluding hydrogens is 458 g/mol. The van der Waals surface area contributed by atoms with E-state index < -0.39 is 0 Å². The number of unbranched alkanes of at least 4 members (excludes halogenated alkanes) is 2. The van der Waals surface area contributed by atoms with Crippen molar-refractivity contribution >= 4 is 23.6 Å². The molecule has 1 fully saturated rings. The summed E-state index contributed by atoms with van der Waals surface area (Å²) in [5.41, 5.74) is 1.06. The second-order valence-electron chi connectivity index (χ2n) is 9.47. The predicted molar refractivity (Wildman–Crippen MR) is 142 cm³/mol. The summed E-state index contributed by atoms with van der Waals surface area (Å²) in [5.74, 6) is 2.36. The van der Waals surface area contributed by atoms with Crippen LogP contribution in [0.1, 0.15) is 71.5 Å². The van der Waals surface area contributed by atoms with Crippen LogP contribution in [0.15, 0.2) is 35.5 Å². The number of hydrogen-bond acceptors (Lipinski definition) is 5. The highest BCUT2D eigenvalue weighted by molar-refractivity contribution is 7.99. The topological polar surface area (TPSA) is 71.3 Å². The largest absolute Gasteiger partial charge is 0.339 e. The maximum Gasteiger partial charge on any atom is 0.226 e. The lowest BCUT2D eigenvalue weighted by Crippen LogP contribution is -2.56. The van der Waals surface area contributed by atoms with Crippen molar-refractivity contribution in [3.63, 3.8) is 0 Å². The summed E-state index contributed by atoms with van der Waals surface area (Å²) in [6.45, 7) is 10.2. The molecule has 2 amide bonds. The molecule has 1 aromatic carbocycles. The summed E-state index contributed by atoms with van der Waals surface area (Å²) >= 11 is 1.68. The summed E-state index contributed by atoms with van der Waals surface area (Å²) < 4.78 is 2.07. The van der Waals surface area contributed by atoms with Gasteiger partial charge in [-0.25, -0.2) is 0 Å². The van der Waals surface area contributed by atoms with Gasteiger partial charge in [0, 0.05) is 49.5 Å². The van der Waals surface area contributed by atoms with Gasteiger partial charge in [0.2, 0.25) is 11.8 Å². The average molecular weight is 500 g/mol. The molecule has 1 aliphatic rings. The number of carbonyl (C=O) groups excluding carboxylic acids is 2. The third kappa shape index (κ3) is 7.32. The Morgan fingerprint density at radius 3 is 2.54 bits per heavy atom. The molecule has 0 aliphatic carbocycles. The van der Waals surface area contributed by atoms with Crippen LogP contribution in [0.3, 0.4) is 0 Å². The molecule has 0 N–H and O–H groups in total. The molecule has 192 valence electrons. The Morgan fingerprint density at radius 2 is 1.86 bits per heavy atom. The van der Waals surface area contributed by atoms with Gasteiger partial charge in [-0.05, 0) is 51.7 Å². The number of nitrogens with zero attached hydrogens (tertiary/aromatic N) is 5. The molecule has 35 heavy (non-hydrogen) atoms. The SMILES string of the molecule is CCCCC(CC)C(=O)N1CCN(C(=O)CCCCSc2nnc(C)n2-c2ccccc2)CC1C. The third-order valence-electron chi connectivity index (χ3n) is 6.84. The molecule has 0 radical (unpaired) electrons. The highest BCUT2D eigenvalue weighted by Gasteiger charge is 2.32. The zero-order chi connectivity index (χ0) is 25.2. The molecule has 0 bridgehead atoms. The Morgan fingerprint density at radius 1 is 1.09 bits per heavy atom. The predicted octanol–water partition coefficient (Wildman–Crippen LogP) is 5.11. The molecule has 2 aromatic rings. The first-order valence-electron chi connectivity index (χ1n) is 13.1. The van der Waals surface area contributed by atoms with Crippen LogP contribution < -0.4 is 0 Å². The molecule has 2 heterocycles. The van der Waals surface area contributed by atoms with E-state index in [0.717, 1.165) is 60.9 Å².